The topological polar surface area (TPSA) is 65.1 Å². The highest BCUT2D eigenvalue weighted by Crippen LogP contribution is 2.38. The number of methoxy groups -OCH3 is 3. The third-order valence-corrected chi connectivity index (χ3v) is 4.57. The molecule has 0 spiro atoms. The highest BCUT2D eigenvalue weighted by Gasteiger charge is 2.21. The maximum Gasteiger partial charge on any atom is 0.256 e. The summed E-state index contributed by atoms with van der Waals surface area (Å²) in [4.78, 5) is 26.7. The van der Waals surface area contributed by atoms with Crippen molar-refractivity contribution in [2.75, 3.05) is 21.3 Å². The van der Waals surface area contributed by atoms with Crippen molar-refractivity contribution in [1.29, 1.82) is 0 Å². The first-order chi connectivity index (χ1) is 14.3. The highest BCUT2D eigenvalue weighted by atomic mass is 16.5. The van der Waals surface area contributed by atoms with Crippen molar-refractivity contribution in [2.45, 2.75) is 20.4 Å². The van der Waals surface area contributed by atoms with E-state index in [9.17, 15) is 9.59 Å². The lowest BCUT2D eigenvalue weighted by molar-refractivity contribution is -0.140. The van der Waals surface area contributed by atoms with Crippen LogP contribution in [0.2, 0.25) is 0 Å². The maximum absolute atomic E-state index is 12.9. The molecule has 0 fully saturated rings. The summed E-state index contributed by atoms with van der Waals surface area (Å²) in [6.45, 7) is 7.38. The molecule has 158 valence electrons. The van der Waals surface area contributed by atoms with Crippen LogP contribution in [0.4, 0.5) is 0 Å². The summed E-state index contributed by atoms with van der Waals surface area (Å²) in [5, 5.41) is 0. The Morgan fingerprint density at radius 1 is 1.03 bits per heavy atom. The van der Waals surface area contributed by atoms with Gasteiger partial charge in [-0.15, -0.1) is 0 Å². The molecule has 0 aliphatic rings. The lowest BCUT2D eigenvalue weighted by atomic mass is 10.1. The lowest BCUT2D eigenvalue weighted by Crippen LogP contribution is -2.35. The van der Waals surface area contributed by atoms with Crippen molar-refractivity contribution in [3.8, 4) is 17.2 Å². The summed E-state index contributed by atoms with van der Waals surface area (Å²) in [5.74, 6) is 0.539. The molecule has 6 nitrogen and oxygen atoms in total. The highest BCUT2D eigenvalue weighted by molar-refractivity contribution is 6.08. The number of carbonyl (C=O) groups is 2. The van der Waals surface area contributed by atoms with Crippen molar-refractivity contribution < 1.29 is 23.8 Å². The summed E-state index contributed by atoms with van der Waals surface area (Å²) in [7, 11) is 4.56. The van der Waals surface area contributed by atoms with E-state index >= 15 is 0 Å². The van der Waals surface area contributed by atoms with E-state index < -0.39 is 11.8 Å². The van der Waals surface area contributed by atoms with Crippen molar-refractivity contribution in [3.63, 3.8) is 0 Å². The average molecular weight is 409 g/mol. The Labute approximate surface area is 177 Å². The number of rotatable bonds is 8. The molecule has 0 aliphatic carbocycles. The normalized spacial score (nSPS) is 10.6. The third kappa shape index (κ3) is 5.29. The molecule has 2 aromatic rings. The van der Waals surface area contributed by atoms with Crippen LogP contribution in [-0.2, 0) is 16.1 Å². The van der Waals surface area contributed by atoms with Crippen molar-refractivity contribution in [2.24, 2.45) is 0 Å². The lowest BCUT2D eigenvalue weighted by Gasteiger charge is -2.20. The molecule has 0 unspecified atom stereocenters. The van der Waals surface area contributed by atoms with E-state index in [2.05, 4.69) is 6.58 Å². The number of carbonyl (C=O) groups excluding carboxylic acids is 2. The molecule has 0 saturated heterocycles. The van der Waals surface area contributed by atoms with E-state index in [1.807, 2.05) is 31.2 Å². The fourth-order valence-corrected chi connectivity index (χ4v) is 2.89. The first-order valence-corrected chi connectivity index (χ1v) is 9.36. The Hall–Kier alpha value is -3.54. The van der Waals surface area contributed by atoms with E-state index in [-0.39, 0.29) is 12.1 Å². The zero-order chi connectivity index (χ0) is 22.3. The fourth-order valence-electron chi connectivity index (χ4n) is 2.89. The molecule has 0 radical (unpaired) electrons. The van der Waals surface area contributed by atoms with Crippen LogP contribution in [0.1, 0.15) is 23.6 Å². The molecular formula is C24H27NO5. The van der Waals surface area contributed by atoms with Crippen LogP contribution in [0.3, 0.4) is 0 Å². The number of aryl methyl sites for hydroxylation is 1. The van der Waals surface area contributed by atoms with E-state index in [4.69, 9.17) is 14.2 Å². The Balaban J connectivity index is 2.35. The fraction of sp³-hybridized carbons (Fsp3) is 0.250. The summed E-state index contributed by atoms with van der Waals surface area (Å²) < 4.78 is 16.0. The van der Waals surface area contributed by atoms with Crippen molar-refractivity contribution in [3.05, 3.63) is 71.3 Å². The molecule has 30 heavy (non-hydrogen) atoms. The van der Waals surface area contributed by atoms with Gasteiger partial charge in [-0.25, -0.2) is 0 Å². The first-order valence-electron chi connectivity index (χ1n) is 9.36. The Morgan fingerprint density at radius 3 is 2.13 bits per heavy atom. The zero-order valence-corrected chi connectivity index (χ0v) is 18.0. The summed E-state index contributed by atoms with van der Waals surface area (Å²) in [6.07, 6.45) is 2.95. The number of hydrogen-bond donors (Lipinski definition) is 0. The number of ether oxygens (including phenoxy) is 3. The van der Waals surface area contributed by atoms with Gasteiger partial charge in [0.05, 0.1) is 27.9 Å². The van der Waals surface area contributed by atoms with Gasteiger partial charge >= 0.3 is 0 Å². The minimum atomic E-state index is -0.444. The molecule has 0 N–H and O–H groups in total. The van der Waals surface area contributed by atoms with Gasteiger partial charge in [0.1, 0.15) is 0 Å². The van der Waals surface area contributed by atoms with Crippen molar-refractivity contribution in [1.82, 2.24) is 4.90 Å². The molecule has 0 aromatic heterocycles. The van der Waals surface area contributed by atoms with Crippen LogP contribution in [0.5, 0.6) is 17.2 Å². The van der Waals surface area contributed by atoms with Crippen LogP contribution in [0.15, 0.2) is 54.6 Å². The molecule has 0 aliphatic heterocycles. The molecule has 0 heterocycles. The van der Waals surface area contributed by atoms with Crippen LogP contribution in [0.25, 0.3) is 6.08 Å². The smallest absolute Gasteiger partial charge is 0.256 e. The Bertz CT molecular complexity index is 952. The average Bonchev–Trinajstić information content (AvgIpc) is 2.75. The number of amides is 2. The van der Waals surface area contributed by atoms with Gasteiger partial charge in [-0.1, -0.05) is 30.8 Å². The minimum Gasteiger partial charge on any atom is -0.493 e. The summed E-state index contributed by atoms with van der Waals surface area (Å²) in [6, 6.07) is 11.1. The second kappa shape index (κ2) is 10.3. The Morgan fingerprint density at radius 2 is 1.63 bits per heavy atom. The SMILES string of the molecule is C=C(C)C(=O)N(Cc1ccccc1C)C(=O)/C=C/c1cc(OC)c(OC)c(OC)c1. The maximum atomic E-state index is 12.9. The second-order valence-corrected chi connectivity index (χ2v) is 6.73. The van der Waals surface area contributed by atoms with E-state index in [0.29, 0.717) is 22.8 Å². The number of imide groups is 1. The quantitative estimate of drug-likeness (QED) is 0.613. The van der Waals surface area contributed by atoms with Gasteiger partial charge in [-0.05, 0) is 48.7 Å². The van der Waals surface area contributed by atoms with Gasteiger partial charge in [-0.2, -0.15) is 0 Å². The van der Waals surface area contributed by atoms with Gasteiger partial charge in [0, 0.05) is 11.6 Å². The van der Waals surface area contributed by atoms with Gasteiger partial charge in [0.25, 0.3) is 11.8 Å². The van der Waals surface area contributed by atoms with Crippen LogP contribution < -0.4 is 14.2 Å². The molecule has 0 atom stereocenters. The molecule has 0 saturated carbocycles. The third-order valence-electron chi connectivity index (χ3n) is 4.57. The van der Waals surface area contributed by atoms with Gasteiger partial charge < -0.3 is 14.2 Å². The molecule has 6 heteroatoms. The minimum absolute atomic E-state index is 0.163. The predicted molar refractivity (Wildman–Crippen MR) is 117 cm³/mol. The second-order valence-electron chi connectivity index (χ2n) is 6.73. The number of benzene rings is 2. The zero-order valence-electron chi connectivity index (χ0n) is 18.0. The molecule has 0 bridgehead atoms. The van der Waals surface area contributed by atoms with Gasteiger partial charge in [0.15, 0.2) is 11.5 Å². The van der Waals surface area contributed by atoms with Crippen LogP contribution in [0, 0.1) is 6.92 Å². The standard InChI is InChI=1S/C24H27NO5/c1-16(2)24(27)25(15-19-10-8-7-9-17(19)3)22(26)12-11-18-13-20(28-4)23(30-6)21(14-18)29-5/h7-14H,1,15H2,2-6H3/b12-11+. The molecule has 2 aromatic carbocycles. The van der Waals surface area contributed by atoms with Gasteiger partial charge in [0.2, 0.25) is 5.75 Å². The summed E-state index contributed by atoms with van der Waals surface area (Å²) >= 11 is 0. The number of hydrogen-bond acceptors (Lipinski definition) is 5. The van der Waals surface area contributed by atoms with E-state index in [1.54, 1.807) is 25.1 Å². The molecule has 2 amide bonds. The number of nitrogens with zero attached hydrogens (tertiary/aromatic N) is 1. The van der Waals surface area contributed by atoms with E-state index in [0.717, 1.165) is 11.1 Å². The van der Waals surface area contributed by atoms with Crippen molar-refractivity contribution >= 4 is 17.9 Å². The monoisotopic (exact) mass is 409 g/mol. The molecule has 2 rings (SSSR count). The molecular weight excluding hydrogens is 382 g/mol. The first kappa shape index (κ1) is 22.7. The van der Waals surface area contributed by atoms with Gasteiger partial charge in [-0.3, -0.25) is 14.5 Å². The van der Waals surface area contributed by atoms with Crippen LogP contribution in [-0.4, -0.2) is 38.0 Å². The van der Waals surface area contributed by atoms with E-state index in [1.165, 1.54) is 32.3 Å². The van der Waals surface area contributed by atoms with Crippen LogP contribution >= 0.6 is 0 Å². The Kier molecular flexibility index (Phi) is 7.81. The summed E-state index contributed by atoms with van der Waals surface area (Å²) in [5.41, 5.74) is 2.84. The predicted octanol–water partition coefficient (Wildman–Crippen LogP) is 4.17. The largest absolute Gasteiger partial charge is 0.493 e.